The lowest BCUT2D eigenvalue weighted by Gasteiger charge is -2.42. The monoisotopic (exact) mass is 303 g/mol. The van der Waals surface area contributed by atoms with E-state index < -0.39 is 0 Å². The molecule has 1 saturated carbocycles. The third kappa shape index (κ3) is 2.53. The van der Waals surface area contributed by atoms with Crippen LogP contribution in [0.15, 0.2) is 0 Å². The van der Waals surface area contributed by atoms with Crippen LogP contribution in [0.4, 0.5) is 0 Å². The van der Waals surface area contributed by atoms with Crippen LogP contribution in [0.25, 0.3) is 0 Å². The van der Waals surface area contributed by atoms with Gasteiger partial charge in [0.15, 0.2) is 5.82 Å². The molecule has 1 N–H and O–H groups in total. The lowest BCUT2D eigenvalue weighted by molar-refractivity contribution is -0.123. The number of nitrogens with zero attached hydrogens (tertiary/aromatic N) is 4. The Kier molecular flexibility index (Phi) is 3.25. The minimum Gasteiger partial charge on any atom is -0.349 e. The maximum absolute atomic E-state index is 12.3. The zero-order valence-electron chi connectivity index (χ0n) is 13.5. The molecule has 1 aromatic rings. The Hall–Kier alpha value is -1.43. The smallest absolute Gasteiger partial charge is 0.242 e. The number of fused-ring (bicyclic) bond motifs is 1. The van der Waals surface area contributed by atoms with E-state index in [0.717, 1.165) is 44.0 Å². The number of aromatic nitrogens is 3. The Balaban J connectivity index is 1.57. The quantitative estimate of drug-likeness (QED) is 0.888. The van der Waals surface area contributed by atoms with Crippen LogP contribution in [0.3, 0.4) is 0 Å². The van der Waals surface area contributed by atoms with E-state index in [0.29, 0.717) is 18.5 Å². The number of hydrogen-bond donors (Lipinski definition) is 1. The third-order valence-corrected chi connectivity index (χ3v) is 5.39. The van der Waals surface area contributed by atoms with Crippen LogP contribution >= 0.6 is 0 Å². The molecule has 4 rings (SSSR count). The fraction of sp³-hybridized carbons (Fsp3) is 0.812. The van der Waals surface area contributed by atoms with Gasteiger partial charge in [0.1, 0.15) is 12.4 Å². The Morgan fingerprint density at radius 1 is 1.27 bits per heavy atom. The summed E-state index contributed by atoms with van der Waals surface area (Å²) in [5.74, 6) is 2.59. The van der Waals surface area contributed by atoms with Crippen molar-refractivity contribution in [3.05, 3.63) is 11.6 Å². The molecule has 1 amide bonds. The van der Waals surface area contributed by atoms with E-state index >= 15 is 0 Å². The number of amides is 1. The Morgan fingerprint density at radius 3 is 2.64 bits per heavy atom. The van der Waals surface area contributed by atoms with Gasteiger partial charge in [-0.1, -0.05) is 0 Å². The van der Waals surface area contributed by atoms with Gasteiger partial charge in [-0.2, -0.15) is 5.10 Å². The van der Waals surface area contributed by atoms with E-state index in [2.05, 4.69) is 29.2 Å². The van der Waals surface area contributed by atoms with Gasteiger partial charge in [-0.05, 0) is 39.5 Å². The van der Waals surface area contributed by atoms with Crippen LogP contribution in [0.5, 0.6) is 0 Å². The molecule has 0 bridgehead atoms. The molecule has 3 aliphatic rings. The second-order valence-corrected chi connectivity index (χ2v) is 7.45. The Labute approximate surface area is 131 Å². The van der Waals surface area contributed by atoms with Gasteiger partial charge in [0.25, 0.3) is 0 Å². The first kappa shape index (κ1) is 14.2. The molecule has 22 heavy (non-hydrogen) atoms. The molecule has 1 aliphatic carbocycles. The average Bonchev–Trinajstić information content (AvgIpc) is 3.25. The summed E-state index contributed by atoms with van der Waals surface area (Å²) < 4.78 is 1.84. The van der Waals surface area contributed by atoms with Gasteiger partial charge in [-0.25, -0.2) is 9.67 Å². The third-order valence-electron chi connectivity index (χ3n) is 5.39. The fourth-order valence-electron chi connectivity index (χ4n) is 3.75. The van der Waals surface area contributed by atoms with Gasteiger partial charge < -0.3 is 10.2 Å². The molecule has 2 fully saturated rings. The van der Waals surface area contributed by atoms with Crippen LogP contribution in [0.2, 0.25) is 0 Å². The first-order chi connectivity index (χ1) is 10.5. The highest BCUT2D eigenvalue weighted by atomic mass is 16.2. The molecule has 6 heteroatoms. The van der Waals surface area contributed by atoms with Gasteiger partial charge >= 0.3 is 0 Å². The normalized spacial score (nSPS) is 25.1. The highest BCUT2D eigenvalue weighted by Gasteiger charge is 2.41. The summed E-state index contributed by atoms with van der Waals surface area (Å²) in [4.78, 5) is 19.6. The fourth-order valence-corrected chi connectivity index (χ4v) is 3.75. The van der Waals surface area contributed by atoms with Crippen molar-refractivity contribution in [2.24, 2.45) is 0 Å². The molecule has 1 spiro atoms. The summed E-state index contributed by atoms with van der Waals surface area (Å²) in [6.45, 7) is 6.89. The highest BCUT2D eigenvalue weighted by molar-refractivity contribution is 5.77. The van der Waals surface area contributed by atoms with E-state index in [1.54, 1.807) is 0 Å². The standard InChI is InChI=1S/C16H25N5O/c1-11(2)20-7-5-16(6-8-20)9-13-17-15(12-3-4-12)19-21(13)10-14(22)18-16/h11-12H,3-10H2,1-2H3,(H,18,22). The molecule has 0 unspecified atom stereocenters. The second-order valence-electron chi connectivity index (χ2n) is 7.45. The van der Waals surface area contributed by atoms with Crippen molar-refractivity contribution in [1.82, 2.24) is 25.0 Å². The molecule has 3 heterocycles. The summed E-state index contributed by atoms with van der Waals surface area (Å²) in [6, 6.07) is 0.573. The highest BCUT2D eigenvalue weighted by Crippen LogP contribution is 2.38. The summed E-state index contributed by atoms with van der Waals surface area (Å²) in [5, 5.41) is 7.86. The van der Waals surface area contributed by atoms with Gasteiger partial charge in [0, 0.05) is 37.0 Å². The van der Waals surface area contributed by atoms with Crippen molar-refractivity contribution in [1.29, 1.82) is 0 Å². The predicted octanol–water partition coefficient (Wildman–Crippen LogP) is 1.07. The van der Waals surface area contributed by atoms with Crippen molar-refractivity contribution >= 4 is 5.91 Å². The molecule has 1 saturated heterocycles. The largest absolute Gasteiger partial charge is 0.349 e. The molecule has 0 aromatic carbocycles. The zero-order valence-corrected chi connectivity index (χ0v) is 13.5. The summed E-state index contributed by atoms with van der Waals surface area (Å²) in [7, 11) is 0. The average molecular weight is 303 g/mol. The van der Waals surface area contributed by atoms with Crippen molar-refractivity contribution in [3.63, 3.8) is 0 Å². The van der Waals surface area contributed by atoms with Crippen LogP contribution in [-0.2, 0) is 17.8 Å². The number of carbonyl (C=O) groups is 1. The number of carbonyl (C=O) groups excluding carboxylic acids is 1. The van der Waals surface area contributed by atoms with E-state index in [9.17, 15) is 4.79 Å². The summed E-state index contributed by atoms with van der Waals surface area (Å²) in [6.07, 6.45) is 5.23. The number of hydrogen-bond acceptors (Lipinski definition) is 4. The molecular formula is C16H25N5O. The van der Waals surface area contributed by atoms with Gasteiger partial charge in [0.05, 0.1) is 0 Å². The SMILES string of the molecule is CC(C)N1CCC2(CC1)Cc1nc(C3CC3)nn1CC(=O)N2. The van der Waals surface area contributed by atoms with E-state index in [-0.39, 0.29) is 11.4 Å². The number of nitrogens with one attached hydrogen (secondary N) is 1. The van der Waals surface area contributed by atoms with Crippen molar-refractivity contribution < 1.29 is 4.79 Å². The second kappa shape index (κ2) is 5.05. The molecule has 120 valence electrons. The van der Waals surface area contributed by atoms with E-state index in [1.165, 1.54) is 12.8 Å². The number of rotatable bonds is 2. The van der Waals surface area contributed by atoms with Crippen LogP contribution in [0, 0.1) is 0 Å². The molecule has 2 aliphatic heterocycles. The van der Waals surface area contributed by atoms with Crippen LogP contribution in [-0.4, -0.2) is 50.2 Å². The van der Waals surface area contributed by atoms with Crippen molar-refractivity contribution in [2.45, 2.75) is 70.0 Å². The number of likely N-dealkylation sites (tertiary alicyclic amines) is 1. The molecule has 0 radical (unpaired) electrons. The maximum atomic E-state index is 12.3. The minimum absolute atomic E-state index is 0.0870. The van der Waals surface area contributed by atoms with Crippen LogP contribution < -0.4 is 5.32 Å². The molecular weight excluding hydrogens is 278 g/mol. The first-order valence-electron chi connectivity index (χ1n) is 8.53. The minimum atomic E-state index is -0.120. The van der Waals surface area contributed by atoms with E-state index in [4.69, 9.17) is 4.98 Å². The van der Waals surface area contributed by atoms with Crippen molar-refractivity contribution in [2.75, 3.05) is 13.1 Å². The summed E-state index contributed by atoms with van der Waals surface area (Å²) >= 11 is 0. The Morgan fingerprint density at radius 2 is 2.00 bits per heavy atom. The lowest BCUT2D eigenvalue weighted by Crippen LogP contribution is -2.57. The first-order valence-corrected chi connectivity index (χ1v) is 8.53. The number of piperidine rings is 1. The molecule has 6 nitrogen and oxygen atoms in total. The lowest BCUT2D eigenvalue weighted by atomic mass is 9.83. The van der Waals surface area contributed by atoms with Gasteiger partial charge in [0.2, 0.25) is 5.91 Å². The molecule has 1 aromatic heterocycles. The molecule has 0 atom stereocenters. The Bertz CT molecular complexity index is 581. The van der Waals surface area contributed by atoms with Gasteiger partial charge in [-0.15, -0.1) is 0 Å². The van der Waals surface area contributed by atoms with Gasteiger partial charge in [-0.3, -0.25) is 4.79 Å². The predicted molar refractivity (Wildman–Crippen MR) is 82.5 cm³/mol. The van der Waals surface area contributed by atoms with E-state index in [1.807, 2.05) is 4.68 Å². The zero-order chi connectivity index (χ0) is 15.3. The van der Waals surface area contributed by atoms with Crippen LogP contribution in [0.1, 0.15) is 57.1 Å². The topological polar surface area (TPSA) is 63.1 Å². The van der Waals surface area contributed by atoms with Crippen molar-refractivity contribution in [3.8, 4) is 0 Å². The summed E-state index contributed by atoms with van der Waals surface area (Å²) in [5.41, 5.74) is -0.120. The maximum Gasteiger partial charge on any atom is 0.242 e.